The zero-order valence-corrected chi connectivity index (χ0v) is 8.67. The molecule has 0 heterocycles. The summed E-state index contributed by atoms with van der Waals surface area (Å²) < 4.78 is 0. The van der Waals surface area contributed by atoms with Gasteiger partial charge in [-0.15, -0.1) is 0 Å². The summed E-state index contributed by atoms with van der Waals surface area (Å²) >= 11 is 0. The number of ketones is 1. The Kier molecular flexibility index (Phi) is 2.54. The fourth-order valence-electron chi connectivity index (χ4n) is 1.94. The molecule has 1 N–H and O–H groups in total. The number of fused-ring (bicyclic) bond motifs is 1. The topological polar surface area (TPSA) is 46.2 Å². The number of carbonyl (C=O) groups is 2. The van der Waals surface area contributed by atoms with Crippen LogP contribution in [-0.2, 0) is 22.4 Å². The van der Waals surface area contributed by atoms with Crippen LogP contribution in [0.5, 0.6) is 0 Å². The van der Waals surface area contributed by atoms with Gasteiger partial charge < -0.3 is 5.32 Å². The van der Waals surface area contributed by atoms with Crippen molar-refractivity contribution >= 4 is 17.4 Å². The van der Waals surface area contributed by atoms with E-state index in [1.807, 2.05) is 18.2 Å². The van der Waals surface area contributed by atoms with Crippen LogP contribution >= 0.6 is 0 Å². The van der Waals surface area contributed by atoms with Gasteiger partial charge in [0, 0.05) is 25.5 Å². The van der Waals surface area contributed by atoms with Crippen molar-refractivity contribution in [3.05, 3.63) is 29.3 Å². The molecule has 0 fully saturated rings. The van der Waals surface area contributed by atoms with E-state index in [1.165, 1.54) is 12.5 Å². The van der Waals surface area contributed by atoms with Crippen molar-refractivity contribution in [1.82, 2.24) is 0 Å². The number of hydrogen-bond donors (Lipinski definition) is 1. The van der Waals surface area contributed by atoms with Crippen LogP contribution in [-0.4, -0.2) is 11.7 Å². The zero-order valence-electron chi connectivity index (χ0n) is 8.67. The van der Waals surface area contributed by atoms with Gasteiger partial charge in [-0.1, -0.05) is 12.1 Å². The molecule has 2 rings (SSSR count). The molecule has 0 bridgehead atoms. The lowest BCUT2D eigenvalue weighted by molar-refractivity contribution is -0.119. The normalized spacial score (nSPS) is 14.6. The summed E-state index contributed by atoms with van der Waals surface area (Å²) in [5.41, 5.74) is 2.96. The summed E-state index contributed by atoms with van der Waals surface area (Å²) in [6.07, 6.45) is 1.86. The molecule has 1 aliphatic carbocycles. The molecule has 0 saturated carbocycles. The average Bonchev–Trinajstić information content (AvgIpc) is 2.18. The van der Waals surface area contributed by atoms with Crippen molar-refractivity contribution in [3.8, 4) is 0 Å². The van der Waals surface area contributed by atoms with Crippen LogP contribution < -0.4 is 5.32 Å². The number of aryl methyl sites for hydroxylation is 1. The first-order valence-corrected chi connectivity index (χ1v) is 5.07. The van der Waals surface area contributed by atoms with E-state index in [-0.39, 0.29) is 11.7 Å². The van der Waals surface area contributed by atoms with Crippen LogP contribution in [0.3, 0.4) is 0 Å². The summed E-state index contributed by atoms with van der Waals surface area (Å²) in [4.78, 5) is 22.3. The number of rotatable bonds is 1. The van der Waals surface area contributed by atoms with Gasteiger partial charge in [-0.25, -0.2) is 0 Å². The molecule has 1 aromatic rings. The fourth-order valence-corrected chi connectivity index (χ4v) is 1.94. The number of benzene rings is 1. The van der Waals surface area contributed by atoms with Crippen molar-refractivity contribution in [2.45, 2.75) is 26.2 Å². The van der Waals surface area contributed by atoms with Crippen LogP contribution in [0.1, 0.15) is 24.5 Å². The summed E-state index contributed by atoms with van der Waals surface area (Å²) in [7, 11) is 0. The predicted molar refractivity (Wildman–Crippen MR) is 57.8 cm³/mol. The molecule has 0 unspecified atom stereocenters. The van der Waals surface area contributed by atoms with Crippen LogP contribution in [0.2, 0.25) is 0 Å². The molecule has 0 saturated heterocycles. The molecule has 1 aliphatic rings. The molecule has 15 heavy (non-hydrogen) atoms. The smallest absolute Gasteiger partial charge is 0.221 e. The number of nitrogens with one attached hydrogen (secondary N) is 1. The van der Waals surface area contributed by atoms with Crippen molar-refractivity contribution in [2.75, 3.05) is 5.32 Å². The van der Waals surface area contributed by atoms with Gasteiger partial charge in [0.15, 0.2) is 0 Å². The zero-order chi connectivity index (χ0) is 10.8. The Bertz CT molecular complexity index is 424. The van der Waals surface area contributed by atoms with E-state index < -0.39 is 0 Å². The molecule has 0 aliphatic heterocycles. The Morgan fingerprint density at radius 3 is 2.87 bits per heavy atom. The minimum absolute atomic E-state index is 0.0959. The van der Waals surface area contributed by atoms with Gasteiger partial charge in [-0.3, -0.25) is 9.59 Å². The lowest BCUT2D eigenvalue weighted by Crippen LogP contribution is -2.17. The van der Waals surface area contributed by atoms with Crippen LogP contribution in [0.15, 0.2) is 18.2 Å². The van der Waals surface area contributed by atoms with E-state index >= 15 is 0 Å². The van der Waals surface area contributed by atoms with Crippen molar-refractivity contribution < 1.29 is 9.59 Å². The van der Waals surface area contributed by atoms with E-state index in [4.69, 9.17) is 0 Å². The van der Waals surface area contributed by atoms with Crippen molar-refractivity contribution in [2.24, 2.45) is 0 Å². The summed E-state index contributed by atoms with van der Waals surface area (Å²) in [6.45, 7) is 1.48. The van der Waals surface area contributed by atoms with Gasteiger partial charge in [0.1, 0.15) is 5.78 Å². The minimum atomic E-state index is -0.0959. The molecule has 0 aromatic heterocycles. The quantitative estimate of drug-likeness (QED) is 0.755. The second-order valence-electron chi connectivity index (χ2n) is 3.84. The predicted octanol–water partition coefficient (Wildman–Crippen LogP) is 1.70. The van der Waals surface area contributed by atoms with E-state index in [9.17, 15) is 9.59 Å². The highest BCUT2D eigenvalue weighted by molar-refractivity contribution is 5.92. The number of anilines is 1. The molecule has 3 heteroatoms. The highest BCUT2D eigenvalue weighted by Crippen LogP contribution is 2.26. The molecule has 3 nitrogen and oxygen atoms in total. The maximum atomic E-state index is 11.4. The first kappa shape index (κ1) is 9.90. The molecule has 78 valence electrons. The molecule has 0 radical (unpaired) electrons. The maximum absolute atomic E-state index is 11.4. The fraction of sp³-hybridized carbons (Fsp3) is 0.333. The van der Waals surface area contributed by atoms with Gasteiger partial charge in [-0.05, 0) is 23.6 Å². The van der Waals surface area contributed by atoms with E-state index in [2.05, 4.69) is 5.32 Å². The van der Waals surface area contributed by atoms with Crippen molar-refractivity contribution in [3.63, 3.8) is 0 Å². The molecular weight excluding hydrogens is 190 g/mol. The van der Waals surface area contributed by atoms with Gasteiger partial charge in [0.25, 0.3) is 0 Å². The maximum Gasteiger partial charge on any atom is 0.221 e. The Balaban J connectivity index is 2.39. The van der Waals surface area contributed by atoms with Gasteiger partial charge in [0.05, 0.1) is 0 Å². The lowest BCUT2D eigenvalue weighted by Gasteiger charge is -2.18. The third-order valence-corrected chi connectivity index (χ3v) is 2.63. The van der Waals surface area contributed by atoms with Crippen LogP contribution in [0.4, 0.5) is 5.69 Å². The average molecular weight is 203 g/mol. The summed E-state index contributed by atoms with van der Waals surface area (Å²) in [5, 5.41) is 2.76. The van der Waals surface area contributed by atoms with Gasteiger partial charge >= 0.3 is 0 Å². The Morgan fingerprint density at radius 2 is 2.13 bits per heavy atom. The van der Waals surface area contributed by atoms with Crippen LogP contribution in [0.25, 0.3) is 0 Å². The van der Waals surface area contributed by atoms with E-state index in [1.54, 1.807) is 0 Å². The number of carbonyl (C=O) groups excluding carboxylic acids is 2. The van der Waals surface area contributed by atoms with Gasteiger partial charge in [0.2, 0.25) is 5.91 Å². The number of Topliss-reactive ketones (excluding diaryl/α,β-unsaturated/α-hetero) is 1. The third kappa shape index (κ3) is 2.06. The molecule has 1 aromatic carbocycles. The summed E-state index contributed by atoms with van der Waals surface area (Å²) in [6, 6.07) is 5.78. The van der Waals surface area contributed by atoms with E-state index in [0.29, 0.717) is 12.8 Å². The first-order chi connectivity index (χ1) is 7.16. The Hall–Kier alpha value is -1.64. The molecule has 0 atom stereocenters. The van der Waals surface area contributed by atoms with E-state index in [0.717, 1.165) is 17.7 Å². The second kappa shape index (κ2) is 3.85. The Morgan fingerprint density at radius 1 is 1.33 bits per heavy atom. The largest absolute Gasteiger partial charge is 0.326 e. The summed E-state index contributed by atoms with van der Waals surface area (Å²) in [5.74, 6) is 0.154. The first-order valence-electron chi connectivity index (χ1n) is 5.07. The lowest BCUT2D eigenvalue weighted by atomic mass is 9.89. The van der Waals surface area contributed by atoms with Crippen molar-refractivity contribution in [1.29, 1.82) is 0 Å². The Labute approximate surface area is 88.5 Å². The monoisotopic (exact) mass is 203 g/mol. The van der Waals surface area contributed by atoms with Crippen LogP contribution in [0, 0.1) is 0 Å². The standard InChI is InChI=1S/C12H13NO2/c1-8(14)13-12-4-2-3-9-5-6-10(15)7-11(9)12/h2-4H,5-7H2,1H3,(H,13,14). The third-order valence-electron chi connectivity index (χ3n) is 2.63. The molecule has 0 spiro atoms. The SMILES string of the molecule is CC(=O)Nc1cccc2c1CC(=O)CC2. The minimum Gasteiger partial charge on any atom is -0.326 e. The highest BCUT2D eigenvalue weighted by Gasteiger charge is 2.18. The number of amides is 1. The van der Waals surface area contributed by atoms with Gasteiger partial charge in [-0.2, -0.15) is 0 Å². The highest BCUT2D eigenvalue weighted by atomic mass is 16.1. The molecule has 1 amide bonds. The molecular formula is C12H13NO2. The second-order valence-corrected chi connectivity index (χ2v) is 3.84. The number of hydrogen-bond acceptors (Lipinski definition) is 2.